The van der Waals surface area contributed by atoms with Crippen molar-refractivity contribution in [2.24, 2.45) is 10.7 Å². The third kappa shape index (κ3) is 5.98. The van der Waals surface area contributed by atoms with Crippen LogP contribution < -0.4 is 10.6 Å². The van der Waals surface area contributed by atoms with E-state index < -0.39 is 10.8 Å². The van der Waals surface area contributed by atoms with Gasteiger partial charge in [0.15, 0.2) is 0 Å². The number of nitrogens with zero attached hydrogens (tertiary/aromatic N) is 3. The number of benzene rings is 3. The summed E-state index contributed by atoms with van der Waals surface area (Å²) in [6.07, 6.45) is 2.69. The van der Waals surface area contributed by atoms with Crippen LogP contribution in [0.1, 0.15) is 16.7 Å². The quantitative estimate of drug-likeness (QED) is 0.377. The first-order valence-corrected chi connectivity index (χ1v) is 10.0. The first-order chi connectivity index (χ1) is 15.9. The molecule has 8 nitrogen and oxygen atoms in total. The summed E-state index contributed by atoms with van der Waals surface area (Å²) in [4.78, 5) is 38.3. The summed E-state index contributed by atoms with van der Waals surface area (Å²) < 4.78 is 0. The van der Waals surface area contributed by atoms with E-state index in [4.69, 9.17) is 5.73 Å². The lowest BCUT2D eigenvalue weighted by atomic mass is 10.0. The highest BCUT2D eigenvalue weighted by Gasteiger charge is 2.21. The molecule has 8 heteroatoms. The van der Waals surface area contributed by atoms with Gasteiger partial charge in [-0.25, -0.2) is 0 Å². The molecule has 33 heavy (non-hydrogen) atoms. The second-order valence-corrected chi connectivity index (χ2v) is 7.09. The van der Waals surface area contributed by atoms with Gasteiger partial charge >= 0.3 is 0 Å². The Morgan fingerprint density at radius 2 is 1.67 bits per heavy atom. The van der Waals surface area contributed by atoms with Crippen LogP contribution in [0.2, 0.25) is 0 Å². The first-order valence-electron chi connectivity index (χ1n) is 10.0. The number of primary amides is 1. The molecule has 1 aliphatic rings. The van der Waals surface area contributed by atoms with Crippen LogP contribution in [-0.2, 0) is 9.59 Å². The summed E-state index contributed by atoms with van der Waals surface area (Å²) in [6, 6.07) is 23.7. The molecule has 0 bridgehead atoms. The second kappa shape index (κ2) is 10.6. The Bertz CT molecular complexity index is 1220. The average molecular weight is 442 g/mol. The lowest BCUT2D eigenvalue weighted by Gasteiger charge is -2.17. The van der Waals surface area contributed by atoms with Gasteiger partial charge in [-0.1, -0.05) is 48.5 Å². The Morgan fingerprint density at radius 1 is 1.03 bits per heavy atom. The molecular formula is C25H22N4O4. The van der Waals surface area contributed by atoms with Gasteiger partial charge in [0.25, 0.3) is 5.69 Å². The van der Waals surface area contributed by atoms with Crippen LogP contribution in [0.3, 0.4) is 0 Å². The van der Waals surface area contributed by atoms with Crippen LogP contribution >= 0.6 is 0 Å². The number of nitrogens with two attached hydrogens (primary N) is 1. The molecule has 2 N–H and O–H groups in total. The topological polar surface area (TPSA) is 119 Å². The molecule has 1 aliphatic heterocycles. The van der Waals surface area contributed by atoms with Crippen LogP contribution in [-0.4, -0.2) is 36.0 Å². The fourth-order valence-corrected chi connectivity index (χ4v) is 3.17. The number of benzodiazepines with no additional fused rings is 1. The van der Waals surface area contributed by atoms with Crippen molar-refractivity contribution < 1.29 is 14.5 Å². The van der Waals surface area contributed by atoms with Crippen molar-refractivity contribution >= 4 is 35.0 Å². The SMILES string of the molecule is CN1C(=O)CN=C(c2ccccc2)c2ccccc21.NC(=O)/C=C/c1ccc([N+](=O)[O-])cc1. The normalized spacial score (nSPS) is 12.8. The molecule has 0 saturated heterocycles. The van der Waals surface area contributed by atoms with Gasteiger partial charge in [0.1, 0.15) is 6.54 Å². The van der Waals surface area contributed by atoms with E-state index in [1.54, 1.807) is 11.9 Å². The van der Waals surface area contributed by atoms with Crippen molar-refractivity contribution in [3.63, 3.8) is 0 Å². The summed E-state index contributed by atoms with van der Waals surface area (Å²) in [7, 11) is 1.80. The molecule has 1 heterocycles. The number of fused-ring (bicyclic) bond motifs is 1. The fraction of sp³-hybridized carbons (Fsp3) is 0.0800. The minimum atomic E-state index is -0.552. The number of para-hydroxylation sites is 1. The Morgan fingerprint density at radius 3 is 2.30 bits per heavy atom. The summed E-state index contributed by atoms with van der Waals surface area (Å²) in [5.74, 6) is -0.540. The summed E-state index contributed by atoms with van der Waals surface area (Å²) in [6.45, 7) is 0.190. The molecule has 3 aromatic carbocycles. The van der Waals surface area contributed by atoms with Gasteiger partial charge in [0.05, 0.1) is 16.3 Å². The zero-order valence-electron chi connectivity index (χ0n) is 17.9. The van der Waals surface area contributed by atoms with Gasteiger partial charge in [0.2, 0.25) is 11.8 Å². The van der Waals surface area contributed by atoms with Gasteiger partial charge in [-0.05, 0) is 29.8 Å². The monoisotopic (exact) mass is 442 g/mol. The molecule has 0 spiro atoms. The minimum absolute atomic E-state index is 0.0124. The smallest absolute Gasteiger partial charge is 0.269 e. The number of hydrogen-bond acceptors (Lipinski definition) is 5. The number of rotatable bonds is 4. The van der Waals surface area contributed by atoms with E-state index in [-0.39, 0.29) is 18.1 Å². The van der Waals surface area contributed by atoms with E-state index in [1.165, 1.54) is 36.4 Å². The number of nitro groups is 1. The number of non-ortho nitro benzene ring substituents is 1. The Balaban J connectivity index is 0.000000196. The van der Waals surface area contributed by atoms with Crippen molar-refractivity contribution in [1.29, 1.82) is 0 Å². The number of hydrogen-bond donors (Lipinski definition) is 1. The zero-order valence-corrected chi connectivity index (χ0v) is 17.9. The Labute approximate surface area is 190 Å². The summed E-state index contributed by atoms with van der Waals surface area (Å²) in [5, 5.41) is 10.3. The zero-order chi connectivity index (χ0) is 23.8. The number of carbonyl (C=O) groups is 2. The van der Waals surface area contributed by atoms with Gasteiger partial charge in [-0.2, -0.15) is 0 Å². The molecular weight excluding hydrogens is 420 g/mol. The van der Waals surface area contributed by atoms with E-state index in [0.29, 0.717) is 5.56 Å². The lowest BCUT2D eigenvalue weighted by molar-refractivity contribution is -0.384. The first kappa shape index (κ1) is 23.1. The van der Waals surface area contributed by atoms with E-state index in [2.05, 4.69) is 4.99 Å². The summed E-state index contributed by atoms with van der Waals surface area (Å²) in [5.41, 5.74) is 9.42. The molecule has 0 atom stereocenters. The van der Waals surface area contributed by atoms with Crippen molar-refractivity contribution in [2.45, 2.75) is 0 Å². The maximum absolute atomic E-state index is 12.0. The number of carbonyl (C=O) groups excluding carboxylic acids is 2. The summed E-state index contributed by atoms with van der Waals surface area (Å²) >= 11 is 0. The Kier molecular flexibility index (Phi) is 7.43. The van der Waals surface area contributed by atoms with Crippen molar-refractivity contribution in [1.82, 2.24) is 0 Å². The standard InChI is InChI=1S/C16H14N2O.C9H8N2O3/c1-18-14-10-6-5-9-13(14)16(17-11-15(18)19)12-7-3-2-4-8-12;10-9(12)6-3-7-1-4-8(5-2-7)11(13)14/h2-10H,11H2,1H3;1-6H,(H2,10,12)/b;6-3+. The van der Waals surface area contributed by atoms with Crippen molar-refractivity contribution in [2.75, 3.05) is 18.5 Å². The third-order valence-electron chi connectivity index (χ3n) is 4.86. The molecule has 0 fully saturated rings. The van der Waals surface area contributed by atoms with Gasteiger partial charge in [0, 0.05) is 36.4 Å². The number of aliphatic imine (C=N–C) groups is 1. The van der Waals surface area contributed by atoms with Crippen LogP contribution in [0.25, 0.3) is 6.08 Å². The molecule has 166 valence electrons. The van der Waals surface area contributed by atoms with E-state index >= 15 is 0 Å². The van der Waals surface area contributed by atoms with Crippen molar-refractivity contribution in [3.8, 4) is 0 Å². The molecule has 0 radical (unpaired) electrons. The van der Waals surface area contributed by atoms with E-state index in [9.17, 15) is 19.7 Å². The molecule has 3 aromatic rings. The van der Waals surface area contributed by atoms with Gasteiger partial charge < -0.3 is 10.6 Å². The maximum atomic E-state index is 12.0. The number of amides is 2. The highest BCUT2D eigenvalue weighted by Crippen LogP contribution is 2.25. The Hall–Kier alpha value is -4.59. The number of likely N-dealkylation sites (N-methyl/N-ethyl adjacent to an activating group) is 1. The van der Waals surface area contributed by atoms with Gasteiger partial charge in [-0.3, -0.25) is 24.7 Å². The van der Waals surface area contributed by atoms with Crippen LogP contribution in [0, 0.1) is 10.1 Å². The van der Waals surface area contributed by atoms with E-state index in [1.807, 2.05) is 54.6 Å². The molecule has 0 unspecified atom stereocenters. The second-order valence-electron chi connectivity index (χ2n) is 7.09. The largest absolute Gasteiger partial charge is 0.366 e. The van der Waals surface area contributed by atoms with Gasteiger partial charge in [-0.15, -0.1) is 0 Å². The molecule has 0 aromatic heterocycles. The number of anilines is 1. The molecule has 2 amide bonds. The van der Waals surface area contributed by atoms with Crippen molar-refractivity contribution in [3.05, 3.63) is 112 Å². The number of nitro benzene ring substituents is 1. The maximum Gasteiger partial charge on any atom is 0.269 e. The van der Waals surface area contributed by atoms with E-state index in [0.717, 1.165) is 22.5 Å². The highest BCUT2D eigenvalue weighted by molar-refractivity contribution is 6.19. The van der Waals surface area contributed by atoms with Crippen LogP contribution in [0.15, 0.2) is 89.9 Å². The van der Waals surface area contributed by atoms with Crippen LogP contribution in [0.5, 0.6) is 0 Å². The fourth-order valence-electron chi connectivity index (χ4n) is 3.17. The molecule has 0 saturated carbocycles. The third-order valence-corrected chi connectivity index (χ3v) is 4.86. The molecule has 4 rings (SSSR count). The minimum Gasteiger partial charge on any atom is -0.366 e. The highest BCUT2D eigenvalue weighted by atomic mass is 16.6. The van der Waals surface area contributed by atoms with Crippen LogP contribution in [0.4, 0.5) is 11.4 Å². The lowest BCUT2D eigenvalue weighted by Crippen LogP contribution is -2.27. The molecule has 0 aliphatic carbocycles. The average Bonchev–Trinajstić information content (AvgIpc) is 2.95. The predicted octanol–water partition coefficient (Wildman–Crippen LogP) is 3.59. The predicted molar refractivity (Wildman–Crippen MR) is 128 cm³/mol.